The standard InChI is InChI=1S/C13H17N3O/c1-9(15-16-13(14)17)11-7-6-10-4-2-3-5-12(10)8-11/h6-8H,2-5H2,1H3,(H3,14,16,17)/b15-9+. The molecule has 0 spiro atoms. The van der Waals surface area contributed by atoms with Crippen LogP contribution in [0.15, 0.2) is 23.3 Å². The number of hydrogen-bond donors (Lipinski definition) is 2. The molecule has 90 valence electrons. The molecule has 1 aromatic carbocycles. The maximum absolute atomic E-state index is 10.6. The predicted molar refractivity (Wildman–Crippen MR) is 68.0 cm³/mol. The van der Waals surface area contributed by atoms with E-state index in [4.69, 9.17) is 5.73 Å². The first kappa shape index (κ1) is 11.6. The molecule has 0 atom stereocenters. The van der Waals surface area contributed by atoms with Gasteiger partial charge in [-0.05, 0) is 55.4 Å². The highest BCUT2D eigenvalue weighted by molar-refractivity contribution is 5.99. The van der Waals surface area contributed by atoms with Crippen LogP contribution in [0.4, 0.5) is 4.79 Å². The molecule has 0 aromatic heterocycles. The van der Waals surface area contributed by atoms with Crippen molar-refractivity contribution in [2.24, 2.45) is 10.8 Å². The Morgan fingerprint density at radius 3 is 2.71 bits per heavy atom. The number of urea groups is 1. The van der Waals surface area contributed by atoms with E-state index in [1.165, 1.54) is 30.4 Å². The smallest absolute Gasteiger partial charge is 0.332 e. The fourth-order valence-corrected chi connectivity index (χ4v) is 2.16. The molecular formula is C13H17N3O. The van der Waals surface area contributed by atoms with Gasteiger partial charge >= 0.3 is 6.03 Å². The van der Waals surface area contributed by atoms with Gasteiger partial charge < -0.3 is 5.73 Å². The van der Waals surface area contributed by atoms with Gasteiger partial charge in [0.15, 0.2) is 0 Å². The SMILES string of the molecule is C/C(=N\NC(N)=O)c1ccc2c(c1)CCCC2. The van der Waals surface area contributed by atoms with E-state index in [1.807, 2.05) is 13.0 Å². The lowest BCUT2D eigenvalue weighted by atomic mass is 9.90. The van der Waals surface area contributed by atoms with Crippen molar-refractivity contribution in [1.29, 1.82) is 0 Å². The van der Waals surface area contributed by atoms with Crippen LogP contribution in [0.3, 0.4) is 0 Å². The summed E-state index contributed by atoms with van der Waals surface area (Å²) in [6.07, 6.45) is 4.85. The zero-order chi connectivity index (χ0) is 12.3. The number of benzene rings is 1. The Kier molecular flexibility index (Phi) is 3.42. The third kappa shape index (κ3) is 2.84. The summed E-state index contributed by atoms with van der Waals surface area (Å²) in [6, 6.07) is 5.73. The van der Waals surface area contributed by atoms with E-state index >= 15 is 0 Å². The minimum atomic E-state index is -0.637. The van der Waals surface area contributed by atoms with Crippen LogP contribution >= 0.6 is 0 Å². The number of hydrogen-bond acceptors (Lipinski definition) is 2. The van der Waals surface area contributed by atoms with E-state index < -0.39 is 6.03 Å². The van der Waals surface area contributed by atoms with E-state index in [2.05, 4.69) is 22.7 Å². The molecule has 0 unspecified atom stereocenters. The summed E-state index contributed by atoms with van der Waals surface area (Å²) in [7, 11) is 0. The van der Waals surface area contributed by atoms with E-state index in [-0.39, 0.29) is 0 Å². The zero-order valence-corrected chi connectivity index (χ0v) is 9.99. The predicted octanol–water partition coefficient (Wildman–Crippen LogP) is 1.96. The first-order valence-electron chi connectivity index (χ1n) is 5.89. The Hall–Kier alpha value is -1.84. The van der Waals surface area contributed by atoms with Crippen molar-refractivity contribution in [1.82, 2.24) is 5.43 Å². The fraction of sp³-hybridized carbons (Fsp3) is 0.385. The minimum Gasteiger partial charge on any atom is -0.350 e. The lowest BCUT2D eigenvalue weighted by Crippen LogP contribution is -2.25. The van der Waals surface area contributed by atoms with Crippen LogP contribution in [0, 0.1) is 0 Å². The van der Waals surface area contributed by atoms with Gasteiger partial charge in [-0.2, -0.15) is 5.10 Å². The second-order valence-corrected chi connectivity index (χ2v) is 4.36. The molecule has 1 aromatic rings. The van der Waals surface area contributed by atoms with Crippen LogP contribution < -0.4 is 11.2 Å². The second kappa shape index (κ2) is 4.99. The Morgan fingerprint density at radius 2 is 2.00 bits per heavy atom. The van der Waals surface area contributed by atoms with E-state index in [1.54, 1.807) is 0 Å². The first-order chi connectivity index (χ1) is 8.16. The highest BCUT2D eigenvalue weighted by Gasteiger charge is 2.10. The second-order valence-electron chi connectivity index (χ2n) is 4.36. The summed E-state index contributed by atoms with van der Waals surface area (Å²) < 4.78 is 0. The van der Waals surface area contributed by atoms with Crippen molar-refractivity contribution in [3.63, 3.8) is 0 Å². The van der Waals surface area contributed by atoms with Gasteiger partial charge in [0, 0.05) is 0 Å². The van der Waals surface area contributed by atoms with Crippen molar-refractivity contribution in [2.45, 2.75) is 32.6 Å². The summed E-state index contributed by atoms with van der Waals surface area (Å²) in [5.41, 5.74) is 11.9. The summed E-state index contributed by atoms with van der Waals surface area (Å²) >= 11 is 0. The molecule has 0 radical (unpaired) electrons. The average Bonchev–Trinajstić information content (AvgIpc) is 2.35. The number of carbonyl (C=O) groups excluding carboxylic acids is 1. The molecule has 0 fully saturated rings. The van der Waals surface area contributed by atoms with Crippen LogP contribution in [-0.4, -0.2) is 11.7 Å². The summed E-state index contributed by atoms with van der Waals surface area (Å²) in [6.45, 7) is 1.86. The number of fused-ring (bicyclic) bond motifs is 1. The number of aryl methyl sites for hydroxylation is 2. The minimum absolute atomic E-state index is 0.637. The number of carbonyl (C=O) groups is 1. The Bertz CT molecular complexity index is 466. The average molecular weight is 231 g/mol. The Morgan fingerprint density at radius 1 is 1.29 bits per heavy atom. The molecule has 0 aliphatic heterocycles. The highest BCUT2D eigenvalue weighted by Crippen LogP contribution is 2.22. The number of nitrogens with two attached hydrogens (primary N) is 1. The number of nitrogens with one attached hydrogen (secondary N) is 1. The largest absolute Gasteiger partial charge is 0.350 e. The highest BCUT2D eigenvalue weighted by atomic mass is 16.2. The molecule has 1 aliphatic carbocycles. The number of rotatable bonds is 2. The quantitative estimate of drug-likeness (QED) is 0.593. The lowest BCUT2D eigenvalue weighted by Gasteiger charge is -2.16. The molecule has 4 nitrogen and oxygen atoms in total. The molecule has 1 aliphatic rings. The maximum atomic E-state index is 10.6. The number of nitrogens with zero attached hydrogens (tertiary/aromatic N) is 1. The van der Waals surface area contributed by atoms with Gasteiger partial charge in [-0.15, -0.1) is 0 Å². The third-order valence-electron chi connectivity index (χ3n) is 3.10. The molecule has 4 heteroatoms. The molecule has 0 heterocycles. The molecule has 2 rings (SSSR count). The molecule has 0 bridgehead atoms. The molecule has 0 saturated heterocycles. The van der Waals surface area contributed by atoms with Gasteiger partial charge in [0.2, 0.25) is 0 Å². The lowest BCUT2D eigenvalue weighted by molar-refractivity contribution is 0.249. The molecule has 3 N–H and O–H groups in total. The molecule has 17 heavy (non-hydrogen) atoms. The van der Waals surface area contributed by atoms with Crippen molar-refractivity contribution in [3.05, 3.63) is 34.9 Å². The van der Waals surface area contributed by atoms with Crippen molar-refractivity contribution in [2.75, 3.05) is 0 Å². The van der Waals surface area contributed by atoms with Gasteiger partial charge in [-0.1, -0.05) is 12.1 Å². The van der Waals surface area contributed by atoms with Gasteiger partial charge in [0.05, 0.1) is 5.71 Å². The first-order valence-corrected chi connectivity index (χ1v) is 5.89. The number of amides is 2. The van der Waals surface area contributed by atoms with Gasteiger partial charge in [0.25, 0.3) is 0 Å². The van der Waals surface area contributed by atoms with E-state index in [9.17, 15) is 4.79 Å². The molecule has 0 saturated carbocycles. The topological polar surface area (TPSA) is 67.5 Å². The molecule has 2 amide bonds. The Labute approximate surface area is 101 Å². The number of primary amides is 1. The van der Waals surface area contributed by atoms with E-state index in [0.29, 0.717) is 0 Å². The van der Waals surface area contributed by atoms with Crippen LogP contribution in [0.5, 0.6) is 0 Å². The summed E-state index contributed by atoms with van der Waals surface area (Å²) in [4.78, 5) is 10.6. The summed E-state index contributed by atoms with van der Waals surface area (Å²) in [5, 5.41) is 3.93. The van der Waals surface area contributed by atoms with Crippen molar-refractivity contribution < 1.29 is 4.79 Å². The van der Waals surface area contributed by atoms with Crippen LogP contribution in [0.1, 0.15) is 36.5 Å². The van der Waals surface area contributed by atoms with Crippen molar-refractivity contribution >= 4 is 11.7 Å². The summed E-state index contributed by atoms with van der Waals surface area (Å²) in [5.74, 6) is 0. The van der Waals surface area contributed by atoms with Gasteiger partial charge in [-0.25, -0.2) is 10.2 Å². The Balaban J connectivity index is 2.21. The van der Waals surface area contributed by atoms with Crippen molar-refractivity contribution in [3.8, 4) is 0 Å². The van der Waals surface area contributed by atoms with Crippen LogP contribution in [-0.2, 0) is 12.8 Å². The monoisotopic (exact) mass is 231 g/mol. The van der Waals surface area contributed by atoms with Gasteiger partial charge in [0.1, 0.15) is 0 Å². The van der Waals surface area contributed by atoms with Crippen LogP contribution in [0.2, 0.25) is 0 Å². The van der Waals surface area contributed by atoms with Crippen LogP contribution in [0.25, 0.3) is 0 Å². The normalized spacial score (nSPS) is 15.2. The maximum Gasteiger partial charge on any atom is 0.332 e. The fourth-order valence-electron chi connectivity index (χ4n) is 2.16. The number of hydrazone groups is 1. The third-order valence-corrected chi connectivity index (χ3v) is 3.10. The zero-order valence-electron chi connectivity index (χ0n) is 9.99. The van der Waals surface area contributed by atoms with Gasteiger partial charge in [-0.3, -0.25) is 0 Å². The van der Waals surface area contributed by atoms with E-state index in [0.717, 1.165) is 17.7 Å². The molecular weight excluding hydrogens is 214 g/mol.